The molecule has 1 aliphatic heterocycles. The molecule has 2 amide bonds. The van der Waals surface area contributed by atoms with Gasteiger partial charge in [0.25, 0.3) is 5.56 Å². The van der Waals surface area contributed by atoms with Gasteiger partial charge in [-0.1, -0.05) is 53.5 Å². The van der Waals surface area contributed by atoms with Crippen LogP contribution in [0.1, 0.15) is 0 Å². The van der Waals surface area contributed by atoms with E-state index in [1.54, 1.807) is 24.3 Å². The monoisotopic (exact) mass is 460 g/mol. The zero-order valence-corrected chi connectivity index (χ0v) is 17.1. The Bertz CT molecular complexity index is 1220. The highest BCUT2D eigenvalue weighted by Crippen LogP contribution is 2.40. The highest BCUT2D eigenvalue weighted by Gasteiger charge is 2.27. The summed E-state index contributed by atoms with van der Waals surface area (Å²) in [7, 11) is 0. The Kier molecular flexibility index (Phi) is 5.51. The van der Waals surface area contributed by atoms with E-state index >= 15 is 0 Å². The molecule has 2 heterocycles. The van der Waals surface area contributed by atoms with Crippen LogP contribution in [0.2, 0.25) is 10.0 Å². The Hall–Kier alpha value is -3.60. The van der Waals surface area contributed by atoms with Gasteiger partial charge in [0, 0.05) is 6.07 Å². The second kappa shape index (κ2) is 8.26. The molecule has 12 heteroatoms. The van der Waals surface area contributed by atoms with Crippen molar-refractivity contribution in [1.82, 2.24) is 15.5 Å². The summed E-state index contributed by atoms with van der Waals surface area (Å²) >= 11 is 12.6. The third kappa shape index (κ3) is 4.17. The number of amidine groups is 1. The van der Waals surface area contributed by atoms with Gasteiger partial charge in [-0.15, -0.1) is 10.2 Å². The van der Waals surface area contributed by atoms with Crippen LogP contribution in [-0.4, -0.2) is 33.4 Å². The number of nitrogens with one attached hydrogen (secondary N) is 2. The molecule has 0 aliphatic carbocycles. The molecule has 0 saturated carbocycles. The summed E-state index contributed by atoms with van der Waals surface area (Å²) in [5, 5.41) is 22.8. The molecule has 31 heavy (non-hydrogen) atoms. The quantitative estimate of drug-likeness (QED) is 0.470. The van der Waals surface area contributed by atoms with Gasteiger partial charge in [-0.25, -0.2) is 9.89 Å². The number of carbonyl (C=O) groups excluding carboxylic acids is 1. The first-order valence-corrected chi connectivity index (χ1v) is 9.54. The molecule has 0 fully saturated rings. The van der Waals surface area contributed by atoms with Gasteiger partial charge in [0.05, 0.1) is 21.3 Å². The van der Waals surface area contributed by atoms with Crippen LogP contribution in [0.5, 0.6) is 11.6 Å². The normalized spacial score (nSPS) is 16.0. The molecule has 3 aromatic rings. The fourth-order valence-corrected chi connectivity index (χ4v) is 3.34. The number of halogens is 2. The maximum Gasteiger partial charge on any atom is 0.345 e. The topological polar surface area (TPSA) is 146 Å². The summed E-state index contributed by atoms with van der Waals surface area (Å²) in [5.41, 5.74) is 6.39. The van der Waals surface area contributed by atoms with Crippen LogP contribution in [0.25, 0.3) is 11.1 Å². The molecule has 10 nitrogen and oxygen atoms in total. The van der Waals surface area contributed by atoms with Gasteiger partial charge in [-0.3, -0.25) is 4.79 Å². The summed E-state index contributed by atoms with van der Waals surface area (Å²) in [5.74, 6) is -0.103. The number of nitrogens with two attached hydrogens (primary N) is 1. The molecule has 0 radical (unpaired) electrons. The Labute approximate surface area is 184 Å². The molecular formula is C19H14Cl2N6O4. The van der Waals surface area contributed by atoms with E-state index in [1.807, 2.05) is 6.07 Å². The number of nitrogens with zero attached hydrogens (tertiary/aromatic N) is 3. The van der Waals surface area contributed by atoms with Crippen LogP contribution in [0.3, 0.4) is 0 Å². The smallest absolute Gasteiger partial charge is 0.345 e. The zero-order valence-electron chi connectivity index (χ0n) is 15.5. The lowest BCUT2D eigenvalue weighted by Crippen LogP contribution is -2.54. The highest BCUT2D eigenvalue weighted by atomic mass is 35.5. The Morgan fingerprint density at radius 2 is 1.77 bits per heavy atom. The molecule has 0 bridgehead atoms. The number of rotatable bonds is 4. The second-order valence-corrected chi connectivity index (χ2v) is 7.16. The van der Waals surface area contributed by atoms with E-state index < -0.39 is 12.3 Å². The minimum Gasteiger partial charge on any atom is -0.434 e. The van der Waals surface area contributed by atoms with E-state index in [2.05, 4.69) is 20.6 Å². The number of hydrazone groups is 1. The molecule has 158 valence electrons. The average Bonchev–Trinajstić information content (AvgIpc) is 2.75. The van der Waals surface area contributed by atoms with Crippen LogP contribution in [0.15, 0.2) is 58.4 Å². The Morgan fingerprint density at radius 1 is 1.10 bits per heavy atom. The Balaban J connectivity index is 1.66. The van der Waals surface area contributed by atoms with Crippen LogP contribution >= 0.6 is 23.2 Å². The van der Waals surface area contributed by atoms with Crippen molar-refractivity contribution in [2.24, 2.45) is 10.8 Å². The number of aromatic nitrogens is 2. The summed E-state index contributed by atoms with van der Waals surface area (Å²) in [6, 6.07) is 12.5. The predicted octanol–water partition coefficient (Wildman–Crippen LogP) is 2.66. The van der Waals surface area contributed by atoms with Crippen molar-refractivity contribution in [3.8, 4) is 22.8 Å². The lowest BCUT2D eigenvalue weighted by atomic mass is 10.1. The van der Waals surface area contributed by atoms with Gasteiger partial charge in [-0.05, 0) is 17.7 Å². The summed E-state index contributed by atoms with van der Waals surface area (Å²) in [6.45, 7) is 0. The predicted molar refractivity (Wildman–Crippen MR) is 115 cm³/mol. The lowest BCUT2D eigenvalue weighted by Gasteiger charge is -2.26. The van der Waals surface area contributed by atoms with Crippen molar-refractivity contribution < 1.29 is 14.6 Å². The van der Waals surface area contributed by atoms with Gasteiger partial charge in [0.2, 0.25) is 5.88 Å². The molecule has 1 atom stereocenters. The SMILES string of the molecule is NC1=NN(c2cc(Cl)c(Oc3cc(-c4ccccc4)c(=O)[nH]n3)c(Cl)c2)C(=O)NC1O. The number of aliphatic hydroxyl groups is 1. The average molecular weight is 461 g/mol. The summed E-state index contributed by atoms with van der Waals surface area (Å²) < 4.78 is 5.70. The van der Waals surface area contributed by atoms with E-state index in [9.17, 15) is 14.7 Å². The standard InChI is InChI=1S/C19H14Cl2N6O4/c20-12-6-10(27-19(30)23-18(29)16(22)26-27)7-13(21)15(12)31-14-8-11(17(28)25-24-14)9-4-2-1-3-5-9/h1-8,18,29H,(H2,22,26)(H,23,30)(H,25,28). The molecule has 0 spiro atoms. The van der Waals surface area contributed by atoms with Gasteiger partial charge in [0.15, 0.2) is 17.8 Å². The van der Waals surface area contributed by atoms with E-state index in [0.29, 0.717) is 11.1 Å². The van der Waals surface area contributed by atoms with Gasteiger partial charge >= 0.3 is 6.03 Å². The van der Waals surface area contributed by atoms with Gasteiger partial charge in [0.1, 0.15) is 0 Å². The highest BCUT2D eigenvalue weighted by molar-refractivity contribution is 6.37. The zero-order chi connectivity index (χ0) is 22.1. The number of ether oxygens (including phenoxy) is 1. The second-order valence-electron chi connectivity index (χ2n) is 6.34. The fourth-order valence-electron chi connectivity index (χ4n) is 2.79. The number of aromatic amines is 1. The largest absolute Gasteiger partial charge is 0.434 e. The van der Waals surface area contributed by atoms with Gasteiger partial charge in [-0.2, -0.15) is 5.01 Å². The van der Waals surface area contributed by atoms with Gasteiger partial charge < -0.3 is 20.9 Å². The first-order chi connectivity index (χ1) is 14.8. The molecule has 4 rings (SSSR count). The number of hydrogen-bond donors (Lipinski definition) is 4. The number of amides is 2. The van der Waals surface area contributed by atoms with Crippen molar-refractivity contribution >= 4 is 40.8 Å². The van der Waals surface area contributed by atoms with Crippen molar-refractivity contribution in [3.63, 3.8) is 0 Å². The minimum atomic E-state index is -1.39. The van der Waals surface area contributed by atoms with Crippen LogP contribution < -0.4 is 26.4 Å². The number of aliphatic hydroxyl groups excluding tert-OH is 1. The third-order valence-electron chi connectivity index (χ3n) is 4.25. The summed E-state index contributed by atoms with van der Waals surface area (Å²) in [6.07, 6.45) is -1.39. The van der Waals surface area contributed by atoms with E-state index in [4.69, 9.17) is 33.7 Å². The van der Waals surface area contributed by atoms with Crippen molar-refractivity contribution in [1.29, 1.82) is 0 Å². The van der Waals surface area contributed by atoms with Crippen molar-refractivity contribution in [3.05, 3.63) is 68.9 Å². The minimum absolute atomic E-state index is 0.0458. The molecular weight excluding hydrogens is 447 g/mol. The number of hydrogen-bond acceptors (Lipinski definition) is 7. The number of anilines is 1. The summed E-state index contributed by atoms with van der Waals surface area (Å²) in [4.78, 5) is 24.2. The third-order valence-corrected chi connectivity index (χ3v) is 4.81. The maximum absolute atomic E-state index is 12.1. The Morgan fingerprint density at radius 3 is 2.45 bits per heavy atom. The van der Waals surface area contributed by atoms with Crippen LogP contribution in [0.4, 0.5) is 10.5 Å². The van der Waals surface area contributed by atoms with E-state index in [-0.39, 0.29) is 38.8 Å². The van der Waals surface area contributed by atoms with Crippen LogP contribution in [0, 0.1) is 0 Å². The molecule has 1 aliphatic rings. The molecule has 1 aromatic heterocycles. The molecule has 5 N–H and O–H groups in total. The molecule has 0 saturated heterocycles. The number of carbonyl (C=O) groups is 1. The lowest BCUT2D eigenvalue weighted by molar-refractivity contribution is 0.188. The van der Waals surface area contributed by atoms with Crippen LogP contribution in [-0.2, 0) is 0 Å². The number of H-pyrrole nitrogens is 1. The number of urea groups is 1. The van der Waals surface area contributed by atoms with Crippen molar-refractivity contribution in [2.45, 2.75) is 6.23 Å². The first kappa shape index (κ1) is 20.7. The molecule has 1 unspecified atom stereocenters. The number of benzene rings is 2. The molecule has 2 aromatic carbocycles. The maximum atomic E-state index is 12.1. The fraction of sp³-hybridized carbons (Fsp3) is 0.0526. The van der Waals surface area contributed by atoms with E-state index in [0.717, 1.165) is 5.01 Å². The van der Waals surface area contributed by atoms with Crippen molar-refractivity contribution in [2.75, 3.05) is 5.01 Å². The first-order valence-electron chi connectivity index (χ1n) is 8.78. The van der Waals surface area contributed by atoms with E-state index in [1.165, 1.54) is 18.2 Å².